The number of pyridine rings is 1. The maximum Gasteiger partial charge on any atom is 0.0995 e. The Balaban J connectivity index is 1.85. The van der Waals surface area contributed by atoms with Gasteiger partial charge in [-0.15, -0.1) is 0 Å². The molecule has 2 aromatic heterocycles. The largest absolute Gasteiger partial charge is 0.387 e. The Kier molecular flexibility index (Phi) is 3.76. The van der Waals surface area contributed by atoms with Crippen LogP contribution in [0.15, 0.2) is 24.7 Å². The normalized spacial score (nSPS) is 18.8. The third kappa shape index (κ3) is 2.63. The molecule has 0 aromatic carbocycles. The van der Waals surface area contributed by atoms with Gasteiger partial charge in [0.25, 0.3) is 0 Å². The highest BCUT2D eigenvalue weighted by Gasteiger charge is 2.22. The Morgan fingerprint density at radius 2 is 2.11 bits per heavy atom. The summed E-state index contributed by atoms with van der Waals surface area (Å²) in [5.74, 6) is 0.624. The topological polar surface area (TPSA) is 37.5 Å². The van der Waals surface area contributed by atoms with Gasteiger partial charge in [-0.3, -0.25) is 4.40 Å². The number of aliphatic hydroxyl groups is 1. The quantitative estimate of drug-likeness (QED) is 0.922. The molecular formula is C15H19ClN2O. The molecule has 1 atom stereocenters. The van der Waals surface area contributed by atoms with Crippen molar-refractivity contribution in [2.24, 2.45) is 5.92 Å². The lowest BCUT2D eigenvalue weighted by molar-refractivity contribution is 0.126. The van der Waals surface area contributed by atoms with Crippen LogP contribution in [0.1, 0.15) is 50.3 Å². The lowest BCUT2D eigenvalue weighted by Crippen LogP contribution is -2.13. The molecule has 1 aliphatic rings. The second-order valence-electron chi connectivity index (χ2n) is 5.51. The molecule has 1 fully saturated rings. The number of hydrogen-bond donors (Lipinski definition) is 1. The van der Waals surface area contributed by atoms with Gasteiger partial charge in [0, 0.05) is 0 Å². The van der Waals surface area contributed by atoms with Gasteiger partial charge >= 0.3 is 0 Å². The zero-order valence-electron chi connectivity index (χ0n) is 10.9. The maximum atomic E-state index is 10.5. The van der Waals surface area contributed by atoms with Gasteiger partial charge < -0.3 is 5.11 Å². The van der Waals surface area contributed by atoms with E-state index in [1.807, 2.05) is 16.5 Å². The summed E-state index contributed by atoms with van der Waals surface area (Å²) in [4.78, 5) is 4.13. The van der Waals surface area contributed by atoms with Gasteiger partial charge in [-0.25, -0.2) is 4.98 Å². The first-order chi connectivity index (χ1) is 9.25. The molecule has 0 bridgehead atoms. The summed E-state index contributed by atoms with van der Waals surface area (Å²) in [5.41, 5.74) is 1.75. The first-order valence-corrected chi connectivity index (χ1v) is 7.42. The second-order valence-corrected chi connectivity index (χ2v) is 5.92. The molecule has 0 amide bonds. The van der Waals surface area contributed by atoms with E-state index < -0.39 is 6.10 Å². The lowest BCUT2D eigenvalue weighted by Gasteiger charge is -2.25. The van der Waals surface area contributed by atoms with E-state index in [2.05, 4.69) is 4.98 Å². The Morgan fingerprint density at radius 3 is 2.89 bits per heavy atom. The molecule has 1 aliphatic carbocycles. The van der Waals surface area contributed by atoms with Crippen LogP contribution in [0.25, 0.3) is 5.52 Å². The van der Waals surface area contributed by atoms with E-state index in [1.165, 1.54) is 32.1 Å². The number of nitrogens with zero attached hydrogens (tertiary/aromatic N) is 2. The van der Waals surface area contributed by atoms with Crippen LogP contribution in [0.5, 0.6) is 0 Å². The van der Waals surface area contributed by atoms with Gasteiger partial charge in [0.1, 0.15) is 0 Å². The number of hydrogen-bond acceptors (Lipinski definition) is 2. The van der Waals surface area contributed by atoms with E-state index in [9.17, 15) is 5.11 Å². The second kappa shape index (κ2) is 5.51. The van der Waals surface area contributed by atoms with Crippen molar-refractivity contribution < 1.29 is 5.11 Å². The highest BCUT2D eigenvalue weighted by molar-refractivity contribution is 6.31. The SMILES string of the molecule is O[C@H](CC1CCCCC1)c1c(Cl)ccc2cncn12. The number of aliphatic hydroxyl groups excluding tert-OH is 1. The van der Waals surface area contributed by atoms with Crippen molar-refractivity contribution in [1.82, 2.24) is 9.38 Å². The summed E-state index contributed by atoms with van der Waals surface area (Å²) in [7, 11) is 0. The minimum Gasteiger partial charge on any atom is -0.387 e. The van der Waals surface area contributed by atoms with Crippen LogP contribution in [-0.4, -0.2) is 14.5 Å². The highest BCUT2D eigenvalue weighted by Crippen LogP contribution is 2.34. The number of imidazole rings is 1. The number of aromatic nitrogens is 2. The predicted molar refractivity (Wildman–Crippen MR) is 76.4 cm³/mol. The van der Waals surface area contributed by atoms with Crippen molar-refractivity contribution in [1.29, 1.82) is 0 Å². The molecule has 19 heavy (non-hydrogen) atoms. The fourth-order valence-electron chi connectivity index (χ4n) is 3.16. The van der Waals surface area contributed by atoms with Crippen molar-refractivity contribution in [3.8, 4) is 0 Å². The Bertz CT molecular complexity index is 560. The summed E-state index contributed by atoms with van der Waals surface area (Å²) in [6.07, 6.45) is 10.2. The van der Waals surface area contributed by atoms with Crippen LogP contribution < -0.4 is 0 Å². The predicted octanol–water partition coefficient (Wildman–Crippen LogP) is 3.99. The van der Waals surface area contributed by atoms with E-state index in [0.29, 0.717) is 10.9 Å². The van der Waals surface area contributed by atoms with Crippen LogP contribution in [-0.2, 0) is 0 Å². The Labute approximate surface area is 118 Å². The summed E-state index contributed by atoms with van der Waals surface area (Å²) < 4.78 is 1.90. The maximum absolute atomic E-state index is 10.5. The average molecular weight is 279 g/mol. The molecule has 0 unspecified atom stereocenters. The van der Waals surface area contributed by atoms with Gasteiger partial charge in [-0.2, -0.15) is 0 Å². The lowest BCUT2D eigenvalue weighted by atomic mass is 9.85. The molecule has 0 aliphatic heterocycles. The molecule has 2 heterocycles. The van der Waals surface area contributed by atoms with Gasteiger partial charge in [-0.05, 0) is 24.5 Å². The van der Waals surface area contributed by atoms with Crippen molar-refractivity contribution >= 4 is 17.1 Å². The third-order valence-electron chi connectivity index (χ3n) is 4.17. The Morgan fingerprint density at radius 1 is 1.32 bits per heavy atom. The van der Waals surface area contributed by atoms with Gasteiger partial charge in [0.15, 0.2) is 0 Å². The fraction of sp³-hybridized carbons (Fsp3) is 0.533. The first kappa shape index (κ1) is 12.9. The average Bonchev–Trinajstić information content (AvgIpc) is 2.87. The van der Waals surface area contributed by atoms with Crippen LogP contribution in [0.4, 0.5) is 0 Å². The molecule has 1 saturated carbocycles. The van der Waals surface area contributed by atoms with Crippen LogP contribution in [0.2, 0.25) is 5.02 Å². The van der Waals surface area contributed by atoms with Gasteiger partial charge in [0.05, 0.1) is 34.9 Å². The third-order valence-corrected chi connectivity index (χ3v) is 4.49. The smallest absolute Gasteiger partial charge is 0.0995 e. The molecule has 2 aromatic rings. The Hall–Kier alpha value is -1.06. The number of halogens is 1. The van der Waals surface area contributed by atoms with Crippen molar-refractivity contribution in [3.63, 3.8) is 0 Å². The molecular weight excluding hydrogens is 260 g/mol. The van der Waals surface area contributed by atoms with Gasteiger partial charge in [-0.1, -0.05) is 43.7 Å². The van der Waals surface area contributed by atoms with E-state index >= 15 is 0 Å². The first-order valence-electron chi connectivity index (χ1n) is 7.04. The molecule has 4 heteroatoms. The molecule has 0 saturated heterocycles. The van der Waals surface area contributed by atoms with E-state index in [1.54, 1.807) is 12.5 Å². The monoisotopic (exact) mass is 278 g/mol. The summed E-state index contributed by atoms with van der Waals surface area (Å²) in [6, 6.07) is 3.77. The van der Waals surface area contributed by atoms with Crippen molar-refractivity contribution in [2.75, 3.05) is 0 Å². The number of rotatable bonds is 3. The molecule has 3 nitrogen and oxygen atoms in total. The summed E-state index contributed by atoms with van der Waals surface area (Å²) >= 11 is 6.26. The van der Waals surface area contributed by atoms with Crippen LogP contribution >= 0.6 is 11.6 Å². The molecule has 102 valence electrons. The van der Waals surface area contributed by atoms with Gasteiger partial charge in [0.2, 0.25) is 0 Å². The van der Waals surface area contributed by atoms with E-state index in [4.69, 9.17) is 11.6 Å². The minimum absolute atomic E-state index is 0.506. The highest BCUT2D eigenvalue weighted by atomic mass is 35.5. The summed E-state index contributed by atoms with van der Waals surface area (Å²) in [5, 5.41) is 11.2. The molecule has 3 rings (SSSR count). The molecule has 0 radical (unpaired) electrons. The molecule has 0 spiro atoms. The van der Waals surface area contributed by atoms with Crippen LogP contribution in [0, 0.1) is 5.92 Å². The van der Waals surface area contributed by atoms with Crippen LogP contribution in [0.3, 0.4) is 0 Å². The standard InChI is InChI=1S/C15H19ClN2O/c16-13-7-6-12-9-17-10-18(12)15(13)14(19)8-11-4-2-1-3-5-11/h6-7,9-11,14,19H,1-5,8H2/t14-/m1/s1. The zero-order chi connectivity index (χ0) is 13.2. The van der Waals surface area contributed by atoms with Crippen molar-refractivity contribution in [2.45, 2.75) is 44.6 Å². The molecule has 1 N–H and O–H groups in total. The fourth-order valence-corrected chi connectivity index (χ4v) is 3.44. The zero-order valence-corrected chi connectivity index (χ0v) is 11.7. The van der Waals surface area contributed by atoms with E-state index in [0.717, 1.165) is 17.6 Å². The minimum atomic E-state index is -0.506. The van der Waals surface area contributed by atoms with Crippen molar-refractivity contribution in [3.05, 3.63) is 35.4 Å². The van der Waals surface area contributed by atoms with E-state index in [-0.39, 0.29) is 0 Å². The summed E-state index contributed by atoms with van der Waals surface area (Å²) in [6.45, 7) is 0. The number of fused-ring (bicyclic) bond motifs is 1.